The number of thiazole rings is 1. The summed E-state index contributed by atoms with van der Waals surface area (Å²) in [6.45, 7) is 2.49. The summed E-state index contributed by atoms with van der Waals surface area (Å²) in [5.74, 6) is -0.000592. The fourth-order valence-corrected chi connectivity index (χ4v) is 3.29. The van der Waals surface area contributed by atoms with Crippen molar-refractivity contribution in [3.8, 4) is 5.75 Å². The Kier molecular flexibility index (Phi) is 7.34. The Morgan fingerprint density at radius 1 is 1.13 bits per heavy atom. The van der Waals surface area contributed by atoms with Crippen LogP contribution in [0, 0.1) is 6.92 Å². The van der Waals surface area contributed by atoms with Crippen LogP contribution < -0.4 is 10.1 Å². The fraction of sp³-hybridized carbons (Fsp3) is 0.174. The van der Waals surface area contributed by atoms with Gasteiger partial charge in [0.05, 0.1) is 19.2 Å². The SMILES string of the molecule is COC(=O)Cc1csc(NC(=O)/C=C/c2ccccc2OCc2ccc(C)cc2)n1. The van der Waals surface area contributed by atoms with E-state index >= 15 is 0 Å². The Bertz CT molecular complexity index is 1040. The minimum atomic E-state index is -0.375. The molecule has 0 unspecified atom stereocenters. The quantitative estimate of drug-likeness (QED) is 0.430. The molecular formula is C23H22N2O4S. The third kappa shape index (κ3) is 6.28. The van der Waals surface area contributed by atoms with E-state index in [2.05, 4.69) is 15.0 Å². The molecule has 0 atom stereocenters. The van der Waals surface area contributed by atoms with E-state index in [0.717, 1.165) is 11.1 Å². The van der Waals surface area contributed by atoms with Gasteiger partial charge in [-0.1, -0.05) is 48.0 Å². The number of ether oxygens (including phenoxy) is 2. The molecule has 0 bridgehead atoms. The fourth-order valence-electron chi connectivity index (χ4n) is 2.57. The van der Waals surface area contributed by atoms with Crippen molar-refractivity contribution in [1.29, 1.82) is 0 Å². The summed E-state index contributed by atoms with van der Waals surface area (Å²) in [6, 6.07) is 15.7. The minimum Gasteiger partial charge on any atom is -0.488 e. The van der Waals surface area contributed by atoms with Gasteiger partial charge in [-0.05, 0) is 24.6 Å². The van der Waals surface area contributed by atoms with Crippen LogP contribution >= 0.6 is 11.3 Å². The number of hydrogen-bond acceptors (Lipinski definition) is 6. The summed E-state index contributed by atoms with van der Waals surface area (Å²) in [7, 11) is 1.32. The molecule has 1 N–H and O–H groups in total. The summed E-state index contributed by atoms with van der Waals surface area (Å²) >= 11 is 1.25. The number of carbonyl (C=O) groups excluding carboxylic acids is 2. The third-order valence-electron chi connectivity index (χ3n) is 4.18. The van der Waals surface area contributed by atoms with E-state index in [9.17, 15) is 9.59 Å². The topological polar surface area (TPSA) is 77.5 Å². The molecule has 0 spiro atoms. The predicted octanol–water partition coefficient (Wildman–Crippen LogP) is 4.40. The molecule has 3 aromatic rings. The Morgan fingerprint density at radius 2 is 1.90 bits per heavy atom. The van der Waals surface area contributed by atoms with Crippen molar-refractivity contribution in [2.75, 3.05) is 12.4 Å². The van der Waals surface area contributed by atoms with Gasteiger partial charge in [0, 0.05) is 17.0 Å². The van der Waals surface area contributed by atoms with Crippen LogP contribution in [0.1, 0.15) is 22.4 Å². The highest BCUT2D eigenvalue weighted by atomic mass is 32.1. The first-order chi connectivity index (χ1) is 14.5. The van der Waals surface area contributed by atoms with Crippen molar-refractivity contribution in [2.24, 2.45) is 0 Å². The average molecular weight is 423 g/mol. The number of methoxy groups -OCH3 is 1. The maximum atomic E-state index is 12.2. The van der Waals surface area contributed by atoms with E-state index in [1.807, 2.05) is 55.5 Å². The van der Waals surface area contributed by atoms with Crippen LogP contribution in [0.2, 0.25) is 0 Å². The molecule has 0 saturated carbocycles. The Balaban J connectivity index is 1.59. The summed E-state index contributed by atoms with van der Waals surface area (Å²) < 4.78 is 10.5. The molecule has 0 saturated heterocycles. The van der Waals surface area contributed by atoms with Crippen molar-refractivity contribution < 1.29 is 19.1 Å². The molecule has 1 heterocycles. The molecule has 0 radical (unpaired) electrons. The van der Waals surface area contributed by atoms with E-state index in [-0.39, 0.29) is 18.3 Å². The number of nitrogens with zero attached hydrogens (tertiary/aromatic N) is 1. The molecule has 1 amide bonds. The van der Waals surface area contributed by atoms with Crippen LogP contribution in [-0.4, -0.2) is 24.0 Å². The lowest BCUT2D eigenvalue weighted by atomic mass is 10.1. The monoisotopic (exact) mass is 422 g/mol. The van der Waals surface area contributed by atoms with Crippen molar-refractivity contribution in [1.82, 2.24) is 4.98 Å². The molecular weight excluding hydrogens is 400 g/mol. The normalized spacial score (nSPS) is 10.7. The van der Waals surface area contributed by atoms with E-state index in [4.69, 9.17) is 4.74 Å². The van der Waals surface area contributed by atoms with Gasteiger partial charge in [0.25, 0.3) is 0 Å². The summed E-state index contributed by atoms with van der Waals surface area (Å²) in [4.78, 5) is 27.7. The Morgan fingerprint density at radius 3 is 2.67 bits per heavy atom. The maximum Gasteiger partial charge on any atom is 0.311 e. The first-order valence-electron chi connectivity index (χ1n) is 9.31. The molecule has 6 nitrogen and oxygen atoms in total. The smallest absolute Gasteiger partial charge is 0.311 e. The average Bonchev–Trinajstić information content (AvgIpc) is 3.18. The number of hydrogen-bond donors (Lipinski definition) is 1. The summed E-state index contributed by atoms with van der Waals surface area (Å²) in [5.41, 5.74) is 3.63. The molecule has 7 heteroatoms. The van der Waals surface area contributed by atoms with Crippen LogP contribution in [-0.2, 0) is 27.4 Å². The van der Waals surface area contributed by atoms with Gasteiger partial charge in [-0.3, -0.25) is 14.9 Å². The van der Waals surface area contributed by atoms with Crippen LogP contribution in [0.15, 0.2) is 60.0 Å². The maximum absolute atomic E-state index is 12.2. The molecule has 0 aliphatic heterocycles. The van der Waals surface area contributed by atoms with Crippen molar-refractivity contribution in [2.45, 2.75) is 20.0 Å². The molecule has 0 aliphatic carbocycles. The van der Waals surface area contributed by atoms with Gasteiger partial charge >= 0.3 is 5.97 Å². The van der Waals surface area contributed by atoms with E-state index in [0.29, 0.717) is 23.2 Å². The largest absolute Gasteiger partial charge is 0.488 e. The number of esters is 1. The zero-order valence-electron chi connectivity index (χ0n) is 16.8. The number of amides is 1. The zero-order chi connectivity index (χ0) is 21.3. The van der Waals surface area contributed by atoms with Crippen molar-refractivity contribution in [3.63, 3.8) is 0 Å². The second kappa shape index (κ2) is 10.4. The number of carbonyl (C=O) groups is 2. The Labute approximate surface area is 179 Å². The Hall–Kier alpha value is -3.45. The first-order valence-corrected chi connectivity index (χ1v) is 10.2. The molecule has 0 fully saturated rings. The number of para-hydroxylation sites is 1. The molecule has 0 aliphatic rings. The van der Waals surface area contributed by atoms with Crippen LogP contribution in [0.5, 0.6) is 5.75 Å². The number of aryl methyl sites for hydroxylation is 1. The van der Waals surface area contributed by atoms with Gasteiger partial charge in [-0.2, -0.15) is 0 Å². The lowest BCUT2D eigenvalue weighted by Crippen LogP contribution is -2.08. The van der Waals surface area contributed by atoms with Crippen molar-refractivity contribution in [3.05, 3.63) is 82.4 Å². The first kappa shape index (κ1) is 21.3. The van der Waals surface area contributed by atoms with Crippen molar-refractivity contribution >= 4 is 34.4 Å². The van der Waals surface area contributed by atoms with Crippen LogP contribution in [0.3, 0.4) is 0 Å². The second-order valence-electron chi connectivity index (χ2n) is 6.53. The second-order valence-corrected chi connectivity index (χ2v) is 7.39. The number of benzene rings is 2. The molecule has 2 aromatic carbocycles. The number of rotatable bonds is 8. The number of aromatic nitrogens is 1. The van der Waals surface area contributed by atoms with Gasteiger partial charge in [-0.15, -0.1) is 11.3 Å². The molecule has 30 heavy (non-hydrogen) atoms. The number of anilines is 1. The van der Waals surface area contributed by atoms with Gasteiger partial charge in [0.15, 0.2) is 5.13 Å². The highest BCUT2D eigenvalue weighted by Gasteiger charge is 2.09. The summed E-state index contributed by atoms with van der Waals surface area (Å²) in [6.07, 6.45) is 3.20. The van der Waals surface area contributed by atoms with Gasteiger partial charge in [-0.25, -0.2) is 4.98 Å². The van der Waals surface area contributed by atoms with Crippen LogP contribution in [0.4, 0.5) is 5.13 Å². The minimum absolute atomic E-state index is 0.0738. The molecule has 154 valence electrons. The van der Waals surface area contributed by atoms with Gasteiger partial charge in [0.2, 0.25) is 5.91 Å². The van der Waals surface area contributed by atoms with E-state index < -0.39 is 0 Å². The highest BCUT2D eigenvalue weighted by molar-refractivity contribution is 7.14. The standard InChI is InChI=1S/C23H22N2O4S/c1-16-7-9-17(10-8-16)14-29-20-6-4-3-5-18(20)11-12-21(26)25-23-24-19(15-30-23)13-22(27)28-2/h3-12,15H,13-14H2,1-2H3,(H,24,25,26)/b12-11+. The number of nitrogens with one attached hydrogen (secondary N) is 1. The lowest BCUT2D eigenvalue weighted by molar-refractivity contribution is -0.139. The molecule has 3 rings (SSSR count). The van der Waals surface area contributed by atoms with Crippen LogP contribution in [0.25, 0.3) is 6.08 Å². The predicted molar refractivity (Wildman–Crippen MR) is 117 cm³/mol. The van der Waals surface area contributed by atoms with E-state index in [1.165, 1.54) is 30.1 Å². The van der Waals surface area contributed by atoms with Gasteiger partial charge in [0.1, 0.15) is 12.4 Å². The highest BCUT2D eigenvalue weighted by Crippen LogP contribution is 2.21. The zero-order valence-corrected chi connectivity index (χ0v) is 17.6. The third-order valence-corrected chi connectivity index (χ3v) is 4.99. The summed E-state index contributed by atoms with van der Waals surface area (Å²) in [5, 5.41) is 4.83. The van der Waals surface area contributed by atoms with E-state index in [1.54, 1.807) is 11.5 Å². The van der Waals surface area contributed by atoms with Gasteiger partial charge < -0.3 is 9.47 Å². The molecule has 1 aromatic heterocycles. The lowest BCUT2D eigenvalue weighted by Gasteiger charge is -2.09.